The lowest BCUT2D eigenvalue weighted by Crippen LogP contribution is -2.52. The van der Waals surface area contributed by atoms with Crippen LogP contribution in [0.25, 0.3) is 0 Å². The van der Waals surface area contributed by atoms with E-state index in [-0.39, 0.29) is 12.0 Å². The molecule has 0 fully saturated rings. The largest absolute Gasteiger partial charge is 0.480 e. The Balaban J connectivity index is 2.23. The maximum atomic E-state index is 13.4. The van der Waals surface area contributed by atoms with Gasteiger partial charge in [0.15, 0.2) is 0 Å². The summed E-state index contributed by atoms with van der Waals surface area (Å²) in [6.07, 6.45) is -5.46. The van der Waals surface area contributed by atoms with Crippen LogP contribution in [0.1, 0.15) is 23.6 Å². The quantitative estimate of drug-likeness (QED) is 0.550. The van der Waals surface area contributed by atoms with Crippen molar-refractivity contribution in [3.05, 3.63) is 71.0 Å². The smallest absolute Gasteiger partial charge is 0.416 e. The summed E-state index contributed by atoms with van der Waals surface area (Å²) in [6, 6.07) is 6.77. The van der Waals surface area contributed by atoms with Crippen molar-refractivity contribution in [2.45, 2.75) is 38.0 Å². The number of benzene rings is 2. The molecule has 0 bridgehead atoms. The van der Waals surface area contributed by atoms with Crippen LogP contribution in [0.5, 0.6) is 0 Å². The first-order chi connectivity index (χ1) is 14.5. The maximum Gasteiger partial charge on any atom is 0.416 e. The molecule has 2 rings (SSSR count). The molecular weight excluding hydrogens is 420 g/mol. The molecular formula is C21H20F4N2O4. The SMILES string of the molecule is CC(=O)N[C@@H](Cc1cccc(F)c1)C(=O)N[C@@H](Cc1ccccc1C(F)(F)F)C(=O)O. The minimum absolute atomic E-state index is 0.144. The van der Waals surface area contributed by atoms with Crippen LogP contribution in [0.15, 0.2) is 48.5 Å². The van der Waals surface area contributed by atoms with Gasteiger partial charge in [-0.05, 0) is 29.3 Å². The lowest BCUT2D eigenvalue weighted by molar-refractivity contribution is -0.143. The number of hydrogen-bond acceptors (Lipinski definition) is 3. The first-order valence-electron chi connectivity index (χ1n) is 9.17. The maximum absolute atomic E-state index is 13.4. The zero-order valence-corrected chi connectivity index (χ0v) is 16.4. The van der Waals surface area contributed by atoms with Crippen LogP contribution >= 0.6 is 0 Å². The second kappa shape index (κ2) is 10.1. The van der Waals surface area contributed by atoms with Gasteiger partial charge in [-0.2, -0.15) is 13.2 Å². The zero-order valence-electron chi connectivity index (χ0n) is 16.4. The molecule has 2 aromatic rings. The van der Waals surface area contributed by atoms with Crippen LogP contribution in [0, 0.1) is 5.82 Å². The highest BCUT2D eigenvalue weighted by Crippen LogP contribution is 2.32. The van der Waals surface area contributed by atoms with Crippen molar-refractivity contribution >= 4 is 17.8 Å². The average molecular weight is 440 g/mol. The highest BCUT2D eigenvalue weighted by Gasteiger charge is 2.35. The lowest BCUT2D eigenvalue weighted by atomic mass is 9.99. The van der Waals surface area contributed by atoms with Gasteiger partial charge < -0.3 is 15.7 Å². The highest BCUT2D eigenvalue weighted by molar-refractivity contribution is 5.90. The van der Waals surface area contributed by atoms with Crippen molar-refractivity contribution in [2.24, 2.45) is 0 Å². The Hall–Kier alpha value is -3.43. The summed E-state index contributed by atoms with van der Waals surface area (Å²) in [5, 5.41) is 13.9. The van der Waals surface area contributed by atoms with E-state index in [0.717, 1.165) is 25.1 Å². The number of carboxylic acid groups (broad SMARTS) is 1. The van der Waals surface area contributed by atoms with E-state index >= 15 is 0 Å². The van der Waals surface area contributed by atoms with Gasteiger partial charge in [0.2, 0.25) is 11.8 Å². The first kappa shape index (κ1) is 23.8. The van der Waals surface area contributed by atoms with Gasteiger partial charge >= 0.3 is 12.1 Å². The number of rotatable bonds is 8. The van der Waals surface area contributed by atoms with Gasteiger partial charge in [0.05, 0.1) is 5.56 Å². The molecule has 10 heteroatoms. The molecule has 2 aromatic carbocycles. The Bertz CT molecular complexity index is 962. The van der Waals surface area contributed by atoms with Crippen LogP contribution in [-0.2, 0) is 33.4 Å². The zero-order chi connectivity index (χ0) is 23.2. The number of alkyl halides is 3. The number of carbonyl (C=O) groups is 3. The molecule has 0 aromatic heterocycles. The molecule has 6 nitrogen and oxygen atoms in total. The second-order valence-electron chi connectivity index (χ2n) is 6.85. The van der Waals surface area contributed by atoms with E-state index in [2.05, 4.69) is 10.6 Å². The van der Waals surface area contributed by atoms with Gasteiger partial charge in [-0.1, -0.05) is 30.3 Å². The van der Waals surface area contributed by atoms with Crippen LogP contribution in [0.4, 0.5) is 17.6 Å². The van der Waals surface area contributed by atoms with Crippen molar-refractivity contribution in [2.75, 3.05) is 0 Å². The Morgan fingerprint density at radius 3 is 2.23 bits per heavy atom. The first-order valence-corrected chi connectivity index (χ1v) is 9.17. The van der Waals surface area contributed by atoms with Crippen LogP contribution < -0.4 is 10.6 Å². The summed E-state index contributed by atoms with van der Waals surface area (Å²) in [5.74, 6) is -3.62. The molecule has 31 heavy (non-hydrogen) atoms. The highest BCUT2D eigenvalue weighted by atomic mass is 19.4. The van der Waals surface area contributed by atoms with Crippen molar-refractivity contribution in [3.63, 3.8) is 0 Å². The van der Waals surface area contributed by atoms with E-state index in [1.807, 2.05) is 0 Å². The molecule has 0 aliphatic heterocycles. The third-order valence-corrected chi connectivity index (χ3v) is 4.38. The summed E-state index contributed by atoms with van der Waals surface area (Å²) >= 11 is 0. The van der Waals surface area contributed by atoms with E-state index in [9.17, 15) is 37.1 Å². The van der Waals surface area contributed by atoms with Crippen molar-refractivity contribution in [3.8, 4) is 0 Å². The number of carboxylic acids is 1. The summed E-state index contributed by atoms with van der Waals surface area (Å²) < 4.78 is 53.0. The predicted molar refractivity (Wildman–Crippen MR) is 102 cm³/mol. The number of aliphatic carboxylic acids is 1. The van der Waals surface area contributed by atoms with Gasteiger partial charge in [-0.25, -0.2) is 9.18 Å². The molecule has 0 radical (unpaired) electrons. The third kappa shape index (κ3) is 7.09. The van der Waals surface area contributed by atoms with Gasteiger partial charge in [0.1, 0.15) is 17.9 Å². The fourth-order valence-corrected chi connectivity index (χ4v) is 3.02. The van der Waals surface area contributed by atoms with Crippen molar-refractivity contribution in [1.29, 1.82) is 0 Å². The average Bonchev–Trinajstić information content (AvgIpc) is 2.66. The molecule has 0 heterocycles. The Kier molecular flexibility index (Phi) is 7.73. The fraction of sp³-hybridized carbons (Fsp3) is 0.286. The normalized spacial score (nSPS) is 13.2. The van der Waals surface area contributed by atoms with Crippen LogP contribution in [0.3, 0.4) is 0 Å². The number of hydrogen-bond donors (Lipinski definition) is 3. The monoisotopic (exact) mass is 440 g/mol. The summed E-state index contributed by atoms with van der Waals surface area (Å²) in [4.78, 5) is 35.7. The fourth-order valence-electron chi connectivity index (χ4n) is 3.02. The number of nitrogens with one attached hydrogen (secondary N) is 2. The molecule has 0 aliphatic carbocycles. The number of halogens is 4. The van der Waals surface area contributed by atoms with Crippen LogP contribution in [0.2, 0.25) is 0 Å². The standard InChI is InChI=1S/C21H20F4N2O4/c1-12(28)26-17(10-13-5-4-7-15(22)9-13)19(29)27-18(20(30)31)11-14-6-2-3-8-16(14)21(23,24)25/h2-9,17-18H,10-11H2,1H3,(H,26,28)(H,27,29)(H,30,31)/t17-,18-/m0/s1. The van der Waals surface area contributed by atoms with E-state index in [1.54, 1.807) is 0 Å². The molecule has 0 saturated carbocycles. The van der Waals surface area contributed by atoms with E-state index < -0.39 is 53.8 Å². The molecule has 2 amide bonds. The van der Waals surface area contributed by atoms with Crippen molar-refractivity contribution < 1.29 is 37.1 Å². The third-order valence-electron chi connectivity index (χ3n) is 4.38. The van der Waals surface area contributed by atoms with Gasteiger partial charge in [0.25, 0.3) is 0 Å². The molecule has 166 valence electrons. The molecule has 0 aliphatic rings. The molecule has 2 atom stereocenters. The van der Waals surface area contributed by atoms with Gasteiger partial charge in [-0.15, -0.1) is 0 Å². The van der Waals surface area contributed by atoms with Gasteiger partial charge in [0, 0.05) is 19.8 Å². The molecule has 0 saturated heterocycles. The molecule has 0 spiro atoms. The summed E-state index contributed by atoms with van der Waals surface area (Å²) in [7, 11) is 0. The molecule has 3 N–H and O–H groups in total. The minimum atomic E-state index is -4.69. The molecule has 0 unspecified atom stereocenters. The van der Waals surface area contributed by atoms with Crippen LogP contribution in [-0.4, -0.2) is 35.0 Å². The van der Waals surface area contributed by atoms with E-state index in [1.165, 1.54) is 30.3 Å². The minimum Gasteiger partial charge on any atom is -0.480 e. The lowest BCUT2D eigenvalue weighted by Gasteiger charge is -2.22. The van der Waals surface area contributed by atoms with E-state index in [4.69, 9.17) is 0 Å². The van der Waals surface area contributed by atoms with Gasteiger partial charge in [-0.3, -0.25) is 9.59 Å². The Morgan fingerprint density at radius 2 is 1.65 bits per heavy atom. The van der Waals surface area contributed by atoms with E-state index in [0.29, 0.717) is 5.56 Å². The number of carbonyl (C=O) groups excluding carboxylic acids is 2. The van der Waals surface area contributed by atoms with Crippen molar-refractivity contribution in [1.82, 2.24) is 10.6 Å². The predicted octanol–water partition coefficient (Wildman–Crippen LogP) is 2.70. The Morgan fingerprint density at radius 1 is 0.968 bits per heavy atom. The summed E-state index contributed by atoms with van der Waals surface area (Å²) in [5.41, 5.74) is -0.944. The second-order valence-corrected chi connectivity index (χ2v) is 6.85. The topological polar surface area (TPSA) is 95.5 Å². The summed E-state index contributed by atoms with van der Waals surface area (Å²) in [6.45, 7) is 1.14. The Labute approximate surface area is 175 Å². The number of amides is 2.